The van der Waals surface area contributed by atoms with Gasteiger partial charge in [-0.05, 0) is 42.3 Å². The van der Waals surface area contributed by atoms with Crippen molar-refractivity contribution in [2.45, 2.75) is 39.1 Å². The van der Waals surface area contributed by atoms with Gasteiger partial charge in [-0.3, -0.25) is 9.59 Å². The van der Waals surface area contributed by atoms with E-state index < -0.39 is 29.6 Å². The van der Waals surface area contributed by atoms with E-state index in [0.29, 0.717) is 29.2 Å². The van der Waals surface area contributed by atoms with Gasteiger partial charge in [-0.15, -0.1) is 0 Å². The van der Waals surface area contributed by atoms with Gasteiger partial charge in [0.05, 0.1) is 6.61 Å². The lowest BCUT2D eigenvalue weighted by molar-refractivity contribution is -0.240. The number of hydrogen-bond acceptors (Lipinski definition) is 6. The maximum atomic E-state index is 14.1. The van der Waals surface area contributed by atoms with Crippen molar-refractivity contribution in [1.82, 2.24) is 4.98 Å². The minimum Gasteiger partial charge on any atom is -0.490 e. The highest BCUT2D eigenvalue weighted by Gasteiger charge is 2.48. The van der Waals surface area contributed by atoms with E-state index in [1.807, 2.05) is 31.2 Å². The van der Waals surface area contributed by atoms with Crippen LogP contribution in [0.3, 0.4) is 0 Å². The number of esters is 2. The summed E-state index contributed by atoms with van der Waals surface area (Å²) < 4.78 is 36.9. The van der Waals surface area contributed by atoms with Gasteiger partial charge in [-0.2, -0.15) is 0 Å². The number of para-hydroxylation sites is 1. The number of aromatic amines is 1. The highest BCUT2D eigenvalue weighted by atomic mass is 19.1. The Morgan fingerprint density at radius 2 is 1.66 bits per heavy atom. The minimum atomic E-state index is -1.35. The third kappa shape index (κ3) is 4.94. The van der Waals surface area contributed by atoms with Gasteiger partial charge in [0.25, 0.3) is 5.79 Å². The highest BCUT2D eigenvalue weighted by molar-refractivity contribution is 5.99. The number of benzene rings is 3. The van der Waals surface area contributed by atoms with Gasteiger partial charge in [-0.25, -0.2) is 4.39 Å². The molecule has 1 atom stereocenters. The van der Waals surface area contributed by atoms with Crippen LogP contribution in [-0.4, -0.2) is 29.3 Å². The van der Waals surface area contributed by atoms with Crippen LogP contribution in [0.5, 0.6) is 11.5 Å². The Morgan fingerprint density at radius 1 is 0.947 bits per heavy atom. The van der Waals surface area contributed by atoms with Crippen LogP contribution in [0.15, 0.2) is 72.9 Å². The zero-order valence-corrected chi connectivity index (χ0v) is 21.3. The second-order valence-corrected chi connectivity index (χ2v) is 9.51. The summed E-state index contributed by atoms with van der Waals surface area (Å²) >= 11 is 0. The summed E-state index contributed by atoms with van der Waals surface area (Å²) in [6.45, 7) is 5.24. The lowest BCUT2D eigenvalue weighted by Gasteiger charge is -2.36. The van der Waals surface area contributed by atoms with Gasteiger partial charge in [0.2, 0.25) is 0 Å². The molecule has 1 N–H and O–H groups in total. The molecular formula is C30H28FNO6. The molecule has 4 aromatic rings. The molecule has 2 heterocycles. The standard InChI is InChI=1S/C30H28FNO6/c1-4-35-25-15-18(13-14-24(25)36-17-19-9-5-7-11-22(19)31)26(21-16-32-23-12-8-6-10-20(21)23)27-28(33)37-30(2,3)38-29(27)34/h5-16,26-27,32H,4,17H2,1-3H3/t26-/m0/s1. The third-order valence-electron chi connectivity index (χ3n) is 6.46. The van der Waals surface area contributed by atoms with E-state index in [-0.39, 0.29) is 12.4 Å². The number of carbonyl (C=O) groups is 2. The Kier molecular flexibility index (Phi) is 6.80. The van der Waals surface area contributed by atoms with Gasteiger partial charge < -0.3 is 23.9 Å². The molecule has 0 saturated carbocycles. The Morgan fingerprint density at radius 3 is 2.39 bits per heavy atom. The summed E-state index contributed by atoms with van der Waals surface area (Å²) in [4.78, 5) is 29.6. The van der Waals surface area contributed by atoms with Crippen molar-refractivity contribution in [2.75, 3.05) is 6.61 Å². The Balaban J connectivity index is 1.57. The normalized spacial score (nSPS) is 16.1. The predicted octanol–water partition coefficient (Wildman–Crippen LogP) is 5.87. The molecule has 7 nitrogen and oxygen atoms in total. The van der Waals surface area contributed by atoms with Crippen LogP contribution in [-0.2, 0) is 25.7 Å². The van der Waals surface area contributed by atoms with Crippen LogP contribution in [0.4, 0.5) is 4.39 Å². The summed E-state index contributed by atoms with van der Waals surface area (Å²) in [7, 11) is 0. The summed E-state index contributed by atoms with van der Waals surface area (Å²) in [6, 6.07) is 19.2. The fourth-order valence-corrected chi connectivity index (χ4v) is 4.78. The van der Waals surface area contributed by atoms with Gasteiger partial charge in [-0.1, -0.05) is 42.5 Å². The van der Waals surface area contributed by atoms with E-state index >= 15 is 0 Å². The zero-order valence-electron chi connectivity index (χ0n) is 21.3. The van der Waals surface area contributed by atoms with Gasteiger partial charge in [0, 0.05) is 42.4 Å². The summed E-state index contributed by atoms with van der Waals surface area (Å²) in [5.74, 6) is -4.20. The number of hydrogen-bond donors (Lipinski definition) is 1. The third-order valence-corrected chi connectivity index (χ3v) is 6.46. The minimum absolute atomic E-state index is 0.00826. The molecule has 0 radical (unpaired) electrons. The first-order valence-corrected chi connectivity index (χ1v) is 12.4. The number of nitrogens with one attached hydrogen (secondary N) is 1. The van der Waals surface area contributed by atoms with Crippen molar-refractivity contribution in [3.8, 4) is 11.5 Å². The van der Waals surface area contributed by atoms with E-state index in [1.54, 1.807) is 42.6 Å². The number of fused-ring (bicyclic) bond motifs is 1. The molecular weight excluding hydrogens is 489 g/mol. The molecule has 1 aliphatic heterocycles. The smallest absolute Gasteiger partial charge is 0.324 e. The molecule has 0 aliphatic carbocycles. The van der Waals surface area contributed by atoms with Crippen molar-refractivity contribution in [1.29, 1.82) is 0 Å². The number of ether oxygens (including phenoxy) is 4. The van der Waals surface area contributed by atoms with E-state index in [2.05, 4.69) is 4.98 Å². The van der Waals surface area contributed by atoms with E-state index in [9.17, 15) is 14.0 Å². The number of cyclic esters (lactones) is 2. The first-order valence-electron chi connectivity index (χ1n) is 12.4. The molecule has 196 valence electrons. The lowest BCUT2D eigenvalue weighted by atomic mass is 9.80. The molecule has 1 fully saturated rings. The molecule has 8 heteroatoms. The average Bonchev–Trinajstić information content (AvgIpc) is 3.30. The lowest BCUT2D eigenvalue weighted by Crippen LogP contribution is -2.48. The Hall–Kier alpha value is -4.33. The molecule has 1 aliphatic rings. The number of aromatic nitrogens is 1. The topological polar surface area (TPSA) is 86.9 Å². The SMILES string of the molecule is CCOc1cc([C@@H](c2c[nH]c3ccccc23)C2C(=O)OC(C)(C)OC2=O)ccc1OCc1ccccc1F. The monoisotopic (exact) mass is 517 g/mol. The van der Waals surface area contributed by atoms with Crippen molar-refractivity contribution in [2.24, 2.45) is 5.92 Å². The molecule has 5 rings (SSSR count). The largest absolute Gasteiger partial charge is 0.490 e. The zero-order chi connectivity index (χ0) is 26.9. The van der Waals surface area contributed by atoms with Crippen LogP contribution in [0.2, 0.25) is 0 Å². The Labute approximate surface area is 219 Å². The number of rotatable bonds is 8. The molecule has 1 saturated heterocycles. The molecule has 0 spiro atoms. The predicted molar refractivity (Wildman–Crippen MR) is 138 cm³/mol. The van der Waals surface area contributed by atoms with Crippen LogP contribution in [0.25, 0.3) is 10.9 Å². The fourth-order valence-electron chi connectivity index (χ4n) is 4.78. The van der Waals surface area contributed by atoms with Crippen LogP contribution in [0.1, 0.15) is 43.4 Å². The first kappa shape index (κ1) is 25.3. The fraction of sp³-hybridized carbons (Fsp3) is 0.267. The highest BCUT2D eigenvalue weighted by Crippen LogP contribution is 2.43. The van der Waals surface area contributed by atoms with E-state index in [1.165, 1.54) is 19.9 Å². The number of H-pyrrole nitrogens is 1. The maximum absolute atomic E-state index is 14.1. The Bertz CT molecular complexity index is 1470. The van der Waals surface area contributed by atoms with Crippen LogP contribution >= 0.6 is 0 Å². The second kappa shape index (κ2) is 10.2. The van der Waals surface area contributed by atoms with Crippen molar-refractivity contribution in [3.63, 3.8) is 0 Å². The van der Waals surface area contributed by atoms with Crippen molar-refractivity contribution in [3.05, 3.63) is 95.4 Å². The van der Waals surface area contributed by atoms with Crippen LogP contribution in [0, 0.1) is 11.7 Å². The van der Waals surface area contributed by atoms with Crippen LogP contribution < -0.4 is 9.47 Å². The molecule has 1 aromatic heterocycles. The molecule has 0 bridgehead atoms. The first-order chi connectivity index (χ1) is 18.3. The molecule has 0 unspecified atom stereocenters. The maximum Gasteiger partial charge on any atom is 0.324 e. The number of carbonyl (C=O) groups excluding carboxylic acids is 2. The van der Waals surface area contributed by atoms with Gasteiger partial charge in [0.1, 0.15) is 12.4 Å². The van der Waals surface area contributed by atoms with Gasteiger partial charge >= 0.3 is 11.9 Å². The summed E-state index contributed by atoms with van der Waals surface area (Å²) in [5, 5.41) is 0.862. The van der Waals surface area contributed by atoms with E-state index in [0.717, 1.165) is 16.5 Å². The molecule has 38 heavy (non-hydrogen) atoms. The summed E-state index contributed by atoms with van der Waals surface area (Å²) in [6.07, 6.45) is 1.79. The summed E-state index contributed by atoms with van der Waals surface area (Å²) in [5.41, 5.74) is 2.64. The van der Waals surface area contributed by atoms with Crippen molar-refractivity contribution < 1.29 is 32.9 Å². The second-order valence-electron chi connectivity index (χ2n) is 9.51. The molecule has 3 aromatic carbocycles. The van der Waals surface area contributed by atoms with Gasteiger partial charge in [0.15, 0.2) is 17.4 Å². The van der Waals surface area contributed by atoms with E-state index in [4.69, 9.17) is 18.9 Å². The molecule has 0 amide bonds. The number of halogens is 1. The quantitative estimate of drug-likeness (QED) is 0.232. The average molecular weight is 518 g/mol. The van der Waals surface area contributed by atoms with Crippen molar-refractivity contribution >= 4 is 22.8 Å².